The van der Waals surface area contributed by atoms with E-state index in [1.165, 1.54) is 12.1 Å². The van der Waals surface area contributed by atoms with Gasteiger partial charge in [0.1, 0.15) is 0 Å². The molecule has 1 aliphatic rings. The lowest BCUT2D eigenvalue weighted by atomic mass is 10.1. The molecule has 0 unspecified atom stereocenters. The summed E-state index contributed by atoms with van der Waals surface area (Å²) in [5.74, 6) is -4.79. The van der Waals surface area contributed by atoms with Gasteiger partial charge in [-0.1, -0.05) is 12.1 Å². The maximum atomic E-state index is 13.0. The number of hydrogen-bond donors (Lipinski definition) is 2. The third-order valence-electron chi connectivity index (χ3n) is 3.52. The minimum atomic E-state index is -3.95. The largest absolute Gasteiger partial charge is 0.325 e. The highest BCUT2D eigenvalue weighted by atomic mass is 32.2. The number of sulfonamides is 1. The Labute approximate surface area is 137 Å². The molecule has 0 saturated carbocycles. The van der Waals surface area contributed by atoms with Gasteiger partial charge in [0, 0.05) is 6.54 Å². The quantitative estimate of drug-likeness (QED) is 0.642. The molecular formula is C14H17F2N3O4S. The van der Waals surface area contributed by atoms with E-state index >= 15 is 0 Å². The highest BCUT2D eigenvalue weighted by Crippen LogP contribution is 2.22. The predicted octanol–water partition coefficient (Wildman–Crippen LogP) is 0.186. The van der Waals surface area contributed by atoms with Crippen LogP contribution in [0.15, 0.2) is 24.3 Å². The highest BCUT2D eigenvalue weighted by molar-refractivity contribution is 7.89. The number of nitrogens with zero attached hydrogens (tertiary/aromatic N) is 1. The van der Waals surface area contributed by atoms with Crippen molar-refractivity contribution in [3.05, 3.63) is 35.4 Å². The van der Waals surface area contributed by atoms with Gasteiger partial charge in [-0.05, 0) is 18.6 Å². The Morgan fingerprint density at radius 2 is 1.67 bits per heavy atom. The van der Waals surface area contributed by atoms with E-state index in [1.807, 2.05) is 0 Å². The number of fused-ring (bicyclic) bond motifs is 1. The van der Waals surface area contributed by atoms with Crippen molar-refractivity contribution < 1.29 is 26.8 Å². The van der Waals surface area contributed by atoms with E-state index in [0.29, 0.717) is 0 Å². The van der Waals surface area contributed by atoms with Crippen molar-refractivity contribution in [3.8, 4) is 0 Å². The van der Waals surface area contributed by atoms with Crippen LogP contribution in [0.3, 0.4) is 0 Å². The average Bonchev–Trinajstić information content (AvgIpc) is 2.79. The van der Waals surface area contributed by atoms with Crippen LogP contribution < -0.4 is 10.5 Å². The Morgan fingerprint density at radius 3 is 2.17 bits per heavy atom. The van der Waals surface area contributed by atoms with Crippen LogP contribution in [0.4, 0.5) is 8.78 Å². The van der Waals surface area contributed by atoms with Crippen LogP contribution in [0.1, 0.15) is 27.1 Å². The molecule has 2 amide bonds. The number of carbonyl (C=O) groups is 2. The monoisotopic (exact) mass is 361 g/mol. The van der Waals surface area contributed by atoms with Crippen LogP contribution in [-0.4, -0.2) is 56.4 Å². The SMILES string of the molecule is NCC(F)(F)CNS(=O)(=O)CCCN1C(=O)c2ccccc2C1=O. The molecule has 0 aromatic heterocycles. The molecule has 1 heterocycles. The third kappa shape index (κ3) is 4.13. The molecule has 0 fully saturated rings. The van der Waals surface area contributed by atoms with E-state index in [1.54, 1.807) is 16.9 Å². The third-order valence-corrected chi connectivity index (χ3v) is 4.93. The first-order valence-corrected chi connectivity index (χ1v) is 8.82. The summed E-state index contributed by atoms with van der Waals surface area (Å²) in [4.78, 5) is 25.1. The second kappa shape index (κ2) is 6.91. The zero-order valence-corrected chi connectivity index (χ0v) is 13.5. The van der Waals surface area contributed by atoms with Crippen LogP contribution in [0.2, 0.25) is 0 Å². The molecule has 0 bridgehead atoms. The van der Waals surface area contributed by atoms with Gasteiger partial charge in [0.05, 0.1) is 30.0 Å². The Morgan fingerprint density at radius 1 is 1.12 bits per heavy atom. The minimum Gasteiger partial charge on any atom is -0.325 e. The summed E-state index contributed by atoms with van der Waals surface area (Å²) in [6.45, 7) is -2.16. The molecule has 1 aromatic carbocycles. The van der Waals surface area contributed by atoms with Crippen molar-refractivity contribution in [2.45, 2.75) is 12.3 Å². The number of alkyl halides is 2. The van der Waals surface area contributed by atoms with Crippen molar-refractivity contribution in [2.75, 3.05) is 25.4 Å². The molecule has 7 nitrogen and oxygen atoms in total. The summed E-state index contributed by atoms with van der Waals surface area (Å²) in [6, 6.07) is 6.28. The summed E-state index contributed by atoms with van der Waals surface area (Å²) in [5.41, 5.74) is 5.36. The standard InChI is InChI=1S/C14H17F2N3O4S/c15-14(16,8-17)9-18-24(22,23)7-3-6-19-12(20)10-4-1-2-5-11(10)13(19)21/h1-2,4-5,18H,3,6-9,17H2. The smallest absolute Gasteiger partial charge is 0.273 e. The Balaban J connectivity index is 1.89. The molecule has 1 aromatic rings. The number of benzene rings is 1. The van der Waals surface area contributed by atoms with Gasteiger partial charge in [-0.3, -0.25) is 14.5 Å². The van der Waals surface area contributed by atoms with E-state index in [0.717, 1.165) is 4.90 Å². The van der Waals surface area contributed by atoms with E-state index in [9.17, 15) is 26.8 Å². The first-order chi connectivity index (χ1) is 11.2. The lowest BCUT2D eigenvalue weighted by Crippen LogP contribution is -2.42. The van der Waals surface area contributed by atoms with Gasteiger partial charge in [0.2, 0.25) is 10.0 Å². The number of carbonyl (C=O) groups excluding carboxylic acids is 2. The number of nitrogens with two attached hydrogens (primary N) is 1. The number of nitrogens with one attached hydrogen (secondary N) is 1. The number of halogens is 2. The van der Waals surface area contributed by atoms with Crippen molar-refractivity contribution in [1.29, 1.82) is 0 Å². The summed E-state index contributed by atoms with van der Waals surface area (Å²) in [7, 11) is -3.95. The molecule has 132 valence electrons. The van der Waals surface area contributed by atoms with Gasteiger partial charge in [-0.2, -0.15) is 0 Å². The molecule has 3 N–H and O–H groups in total. The van der Waals surface area contributed by atoms with E-state index in [2.05, 4.69) is 0 Å². The van der Waals surface area contributed by atoms with Crippen molar-refractivity contribution in [3.63, 3.8) is 0 Å². The van der Waals surface area contributed by atoms with E-state index < -0.39 is 46.6 Å². The first kappa shape index (κ1) is 18.4. The van der Waals surface area contributed by atoms with Gasteiger partial charge >= 0.3 is 0 Å². The molecule has 0 spiro atoms. The highest BCUT2D eigenvalue weighted by Gasteiger charge is 2.35. The zero-order valence-electron chi connectivity index (χ0n) is 12.7. The maximum Gasteiger partial charge on any atom is 0.273 e. The number of amides is 2. The predicted molar refractivity (Wildman–Crippen MR) is 82.2 cm³/mol. The molecule has 0 aliphatic carbocycles. The Bertz CT molecular complexity index is 717. The fourth-order valence-corrected chi connectivity index (χ4v) is 3.30. The van der Waals surface area contributed by atoms with Crippen LogP contribution in [0, 0.1) is 0 Å². The van der Waals surface area contributed by atoms with Crippen LogP contribution in [0.5, 0.6) is 0 Å². The lowest BCUT2D eigenvalue weighted by Gasteiger charge is -2.16. The van der Waals surface area contributed by atoms with E-state index in [-0.39, 0.29) is 24.1 Å². The lowest BCUT2D eigenvalue weighted by molar-refractivity contribution is 0.0170. The Hall–Kier alpha value is -1.91. The topological polar surface area (TPSA) is 110 Å². The van der Waals surface area contributed by atoms with Crippen molar-refractivity contribution in [2.24, 2.45) is 5.73 Å². The summed E-state index contributed by atoms with van der Waals surface area (Å²) in [5, 5.41) is 0. The van der Waals surface area contributed by atoms with Gasteiger partial charge in [-0.15, -0.1) is 0 Å². The molecule has 0 radical (unpaired) electrons. The molecule has 0 saturated heterocycles. The van der Waals surface area contributed by atoms with Crippen LogP contribution in [0.25, 0.3) is 0 Å². The van der Waals surface area contributed by atoms with Crippen molar-refractivity contribution >= 4 is 21.8 Å². The molecule has 0 atom stereocenters. The fraction of sp³-hybridized carbons (Fsp3) is 0.429. The summed E-state index contributed by atoms with van der Waals surface area (Å²) < 4.78 is 51.0. The van der Waals surface area contributed by atoms with Crippen LogP contribution >= 0.6 is 0 Å². The van der Waals surface area contributed by atoms with Crippen molar-refractivity contribution in [1.82, 2.24) is 9.62 Å². The second-order valence-electron chi connectivity index (χ2n) is 5.36. The molecule has 10 heteroatoms. The second-order valence-corrected chi connectivity index (χ2v) is 7.29. The number of hydrogen-bond acceptors (Lipinski definition) is 5. The van der Waals surface area contributed by atoms with Gasteiger partial charge in [-0.25, -0.2) is 21.9 Å². The molecule has 1 aliphatic heterocycles. The average molecular weight is 361 g/mol. The molecular weight excluding hydrogens is 344 g/mol. The van der Waals surface area contributed by atoms with Gasteiger partial charge in [0.25, 0.3) is 17.7 Å². The first-order valence-electron chi connectivity index (χ1n) is 7.17. The number of imide groups is 1. The molecule has 24 heavy (non-hydrogen) atoms. The van der Waals surface area contributed by atoms with E-state index in [4.69, 9.17) is 5.73 Å². The zero-order chi connectivity index (χ0) is 18.0. The van der Waals surface area contributed by atoms with Gasteiger partial charge < -0.3 is 5.73 Å². The maximum absolute atomic E-state index is 13.0. The molecule has 2 rings (SSSR count). The summed E-state index contributed by atoms with van der Waals surface area (Å²) in [6.07, 6.45) is -0.0605. The summed E-state index contributed by atoms with van der Waals surface area (Å²) >= 11 is 0. The normalized spacial score (nSPS) is 15.0. The fourth-order valence-electron chi connectivity index (χ4n) is 2.21. The van der Waals surface area contributed by atoms with Crippen LogP contribution in [-0.2, 0) is 10.0 Å². The number of rotatable bonds is 8. The van der Waals surface area contributed by atoms with Gasteiger partial charge in [0.15, 0.2) is 0 Å². The Kier molecular flexibility index (Phi) is 5.31. The minimum absolute atomic E-state index is 0.0605.